The smallest absolute Gasteiger partial charge is 0.0343 e. The third-order valence-corrected chi connectivity index (χ3v) is 7.06. The van der Waals surface area contributed by atoms with E-state index in [4.69, 9.17) is 0 Å². The van der Waals surface area contributed by atoms with Gasteiger partial charge in [-0.2, -0.15) is 0 Å². The summed E-state index contributed by atoms with van der Waals surface area (Å²) in [6.45, 7) is 30.8. The normalized spacial score (nSPS) is 13.4. The van der Waals surface area contributed by atoms with Crippen molar-refractivity contribution in [1.29, 1.82) is 0 Å². The third kappa shape index (κ3) is 12.3. The molecule has 2 aromatic rings. The Bertz CT molecular complexity index is 1010. The molecule has 0 amide bonds. The van der Waals surface area contributed by atoms with Crippen LogP contribution >= 0.6 is 0 Å². The highest BCUT2D eigenvalue weighted by Crippen LogP contribution is 2.39. The second-order valence-electron chi connectivity index (χ2n) is 10.6. The van der Waals surface area contributed by atoms with Gasteiger partial charge in [-0.25, -0.2) is 0 Å². The van der Waals surface area contributed by atoms with Crippen molar-refractivity contribution < 1.29 is 0 Å². The molecule has 0 aliphatic heterocycles. The number of rotatable bonds is 13. The highest BCUT2D eigenvalue weighted by Gasteiger charge is 2.33. The Morgan fingerprint density at radius 1 is 0.846 bits per heavy atom. The fourth-order valence-electron chi connectivity index (χ4n) is 4.97. The van der Waals surface area contributed by atoms with Crippen LogP contribution in [0.5, 0.6) is 0 Å². The molecular weight excluding hydrogens is 474 g/mol. The Kier molecular flexibility index (Phi) is 16.1. The number of nitrogens with one attached hydrogen (secondary N) is 3. The van der Waals surface area contributed by atoms with Gasteiger partial charge in [-0.3, -0.25) is 0 Å². The lowest BCUT2D eigenvalue weighted by Crippen LogP contribution is -2.39. The van der Waals surface area contributed by atoms with Crippen LogP contribution in [-0.4, -0.2) is 19.6 Å². The van der Waals surface area contributed by atoms with Gasteiger partial charge in [-0.05, 0) is 54.9 Å². The molecule has 0 saturated heterocycles. The molecule has 1 aliphatic carbocycles. The summed E-state index contributed by atoms with van der Waals surface area (Å²) >= 11 is 0. The predicted molar refractivity (Wildman–Crippen MR) is 175 cm³/mol. The molecule has 2 aromatic carbocycles. The Labute approximate surface area is 239 Å². The van der Waals surface area contributed by atoms with Crippen molar-refractivity contribution in [3.63, 3.8) is 0 Å². The van der Waals surface area contributed by atoms with E-state index in [2.05, 4.69) is 131 Å². The zero-order valence-electron chi connectivity index (χ0n) is 25.0. The Morgan fingerprint density at radius 3 is 2.03 bits per heavy atom. The molecule has 1 fully saturated rings. The summed E-state index contributed by atoms with van der Waals surface area (Å²) in [4.78, 5) is 0. The minimum absolute atomic E-state index is 0.255. The predicted octanol–water partition coefficient (Wildman–Crippen LogP) is 8.68. The molecular formula is C36H53N3. The van der Waals surface area contributed by atoms with Gasteiger partial charge >= 0.3 is 0 Å². The van der Waals surface area contributed by atoms with Crippen LogP contribution in [0.1, 0.15) is 69.1 Å². The van der Waals surface area contributed by atoms with Crippen LogP contribution < -0.4 is 16.0 Å². The summed E-state index contributed by atoms with van der Waals surface area (Å²) in [7, 11) is 0. The van der Waals surface area contributed by atoms with E-state index in [1.54, 1.807) is 6.08 Å². The van der Waals surface area contributed by atoms with E-state index in [9.17, 15) is 0 Å². The second-order valence-corrected chi connectivity index (χ2v) is 10.6. The van der Waals surface area contributed by atoms with Gasteiger partial charge in [0.1, 0.15) is 0 Å². The van der Waals surface area contributed by atoms with Crippen molar-refractivity contribution in [2.24, 2.45) is 5.92 Å². The van der Waals surface area contributed by atoms with Gasteiger partial charge in [0.25, 0.3) is 0 Å². The summed E-state index contributed by atoms with van der Waals surface area (Å²) in [5.74, 6) is 0.658. The molecule has 212 valence electrons. The summed E-state index contributed by atoms with van der Waals surface area (Å²) < 4.78 is 0. The first-order valence-corrected chi connectivity index (χ1v) is 14.3. The number of benzene rings is 2. The van der Waals surface area contributed by atoms with Crippen molar-refractivity contribution in [3.8, 4) is 0 Å². The SMILES string of the molecule is C=C.C=C(NCC1(c2ccccc2)CCCCC1)c1ccccc1C.C=CC(=C)NCCNC(=C)CC(C)C. The van der Waals surface area contributed by atoms with Gasteiger partial charge in [0.2, 0.25) is 0 Å². The van der Waals surface area contributed by atoms with Crippen molar-refractivity contribution in [3.05, 3.63) is 128 Å². The van der Waals surface area contributed by atoms with Crippen LogP contribution in [0.15, 0.2) is 112 Å². The standard InChI is InChI=1S/C22H27N.C12H22N2.C2H4/c1-18-11-7-8-14-21(18)19(2)23-17-22(15-9-4-10-16-22)20-12-5-3-6-13-20;1-6-11(4)13-7-8-14-12(5)9-10(2)3;1-2/h3,5-8,11-14,23H,2,4,9-10,15-17H2,1H3;6,10,13-14H,1,4-5,7-9H2,2-3H3;1-2H2. The molecule has 39 heavy (non-hydrogen) atoms. The van der Waals surface area contributed by atoms with Gasteiger partial charge in [-0.1, -0.05) is 114 Å². The highest BCUT2D eigenvalue weighted by atomic mass is 14.9. The van der Waals surface area contributed by atoms with Crippen molar-refractivity contribution in [1.82, 2.24) is 16.0 Å². The molecule has 3 rings (SSSR count). The van der Waals surface area contributed by atoms with Crippen LogP contribution in [0.4, 0.5) is 0 Å². The average molecular weight is 528 g/mol. The molecule has 0 heterocycles. The van der Waals surface area contributed by atoms with Crippen LogP contribution in [-0.2, 0) is 5.41 Å². The van der Waals surface area contributed by atoms with Crippen molar-refractivity contribution in [2.45, 2.75) is 64.7 Å². The summed E-state index contributed by atoms with van der Waals surface area (Å²) in [5.41, 5.74) is 7.25. The van der Waals surface area contributed by atoms with E-state index in [1.807, 2.05) is 0 Å². The van der Waals surface area contributed by atoms with Gasteiger partial charge < -0.3 is 16.0 Å². The quantitative estimate of drug-likeness (QED) is 0.138. The number of hydrogen-bond acceptors (Lipinski definition) is 3. The number of hydrogen-bond donors (Lipinski definition) is 3. The minimum Gasteiger partial charge on any atom is -0.387 e. The van der Waals surface area contributed by atoms with Gasteiger partial charge in [0.05, 0.1) is 0 Å². The van der Waals surface area contributed by atoms with Crippen LogP contribution in [0.25, 0.3) is 5.70 Å². The van der Waals surface area contributed by atoms with Gasteiger partial charge in [0.15, 0.2) is 0 Å². The maximum atomic E-state index is 4.28. The van der Waals surface area contributed by atoms with Crippen LogP contribution in [0.2, 0.25) is 0 Å². The topological polar surface area (TPSA) is 36.1 Å². The Hall–Kier alpha value is -3.46. The van der Waals surface area contributed by atoms with Gasteiger partial charge in [-0.15, -0.1) is 13.2 Å². The first-order chi connectivity index (χ1) is 18.8. The van der Waals surface area contributed by atoms with Crippen molar-refractivity contribution >= 4 is 5.70 Å². The molecule has 1 saturated carbocycles. The minimum atomic E-state index is 0.255. The maximum Gasteiger partial charge on any atom is 0.0343 e. The molecule has 3 heteroatoms. The van der Waals surface area contributed by atoms with E-state index in [0.717, 1.165) is 43.1 Å². The molecule has 0 bridgehead atoms. The van der Waals surface area contributed by atoms with E-state index in [1.165, 1.54) is 48.8 Å². The van der Waals surface area contributed by atoms with E-state index < -0.39 is 0 Å². The zero-order chi connectivity index (χ0) is 29.1. The summed E-state index contributed by atoms with van der Waals surface area (Å²) in [6, 6.07) is 19.5. The molecule has 1 aliphatic rings. The summed E-state index contributed by atoms with van der Waals surface area (Å²) in [6.07, 6.45) is 9.30. The molecule has 0 radical (unpaired) electrons. The Balaban J connectivity index is 0.000000411. The highest BCUT2D eigenvalue weighted by molar-refractivity contribution is 5.64. The monoisotopic (exact) mass is 527 g/mol. The number of allylic oxidation sites excluding steroid dienone is 2. The summed E-state index contributed by atoms with van der Waals surface area (Å²) in [5, 5.41) is 10.0. The lowest BCUT2D eigenvalue weighted by molar-refractivity contribution is 0.290. The van der Waals surface area contributed by atoms with E-state index in [-0.39, 0.29) is 5.41 Å². The van der Waals surface area contributed by atoms with E-state index in [0.29, 0.717) is 5.92 Å². The third-order valence-electron chi connectivity index (χ3n) is 7.06. The average Bonchev–Trinajstić information content (AvgIpc) is 2.96. The van der Waals surface area contributed by atoms with Crippen LogP contribution in [0, 0.1) is 12.8 Å². The fraction of sp³-hybridized carbons (Fsp3) is 0.389. The maximum absolute atomic E-state index is 4.28. The fourth-order valence-corrected chi connectivity index (χ4v) is 4.97. The van der Waals surface area contributed by atoms with Crippen molar-refractivity contribution in [2.75, 3.05) is 19.6 Å². The second kappa shape index (κ2) is 18.7. The van der Waals surface area contributed by atoms with Crippen LogP contribution in [0.3, 0.4) is 0 Å². The number of aryl methyl sites for hydroxylation is 1. The lowest BCUT2D eigenvalue weighted by atomic mass is 9.69. The largest absolute Gasteiger partial charge is 0.387 e. The molecule has 3 nitrogen and oxygen atoms in total. The molecule has 0 spiro atoms. The molecule has 3 N–H and O–H groups in total. The first kappa shape index (κ1) is 33.6. The molecule has 0 unspecified atom stereocenters. The van der Waals surface area contributed by atoms with Gasteiger partial charge in [0, 0.05) is 42.1 Å². The molecule has 0 aromatic heterocycles. The van der Waals surface area contributed by atoms with E-state index >= 15 is 0 Å². The zero-order valence-corrected chi connectivity index (χ0v) is 25.0. The Morgan fingerprint density at radius 2 is 1.44 bits per heavy atom. The lowest BCUT2D eigenvalue weighted by Gasteiger charge is -2.38. The molecule has 0 atom stereocenters. The first-order valence-electron chi connectivity index (χ1n) is 14.3.